The van der Waals surface area contributed by atoms with Gasteiger partial charge in [0, 0.05) is 11.9 Å². The molecule has 0 unspecified atom stereocenters. The summed E-state index contributed by atoms with van der Waals surface area (Å²) in [6.45, 7) is 0. The van der Waals surface area contributed by atoms with Crippen molar-refractivity contribution in [2.24, 2.45) is 17.8 Å². The summed E-state index contributed by atoms with van der Waals surface area (Å²) < 4.78 is 24.6. The predicted molar refractivity (Wildman–Crippen MR) is 117 cm³/mol. The van der Waals surface area contributed by atoms with E-state index < -0.39 is 15.4 Å². The molecule has 3 aliphatic rings. The number of hydrogen-bond donors (Lipinski definition) is 2. The molecule has 0 aliphatic heterocycles. The van der Waals surface area contributed by atoms with Crippen molar-refractivity contribution >= 4 is 21.4 Å². The number of sulfone groups is 1. The molecule has 6 nitrogen and oxygen atoms in total. The van der Waals surface area contributed by atoms with Crippen molar-refractivity contribution in [1.82, 2.24) is 4.98 Å². The van der Waals surface area contributed by atoms with Gasteiger partial charge in [-0.15, -0.1) is 0 Å². The molecule has 5 rings (SSSR count). The third kappa shape index (κ3) is 4.53. The molecular weight excluding hydrogens is 412 g/mol. The third-order valence-corrected chi connectivity index (χ3v) is 8.45. The van der Waals surface area contributed by atoms with Crippen LogP contribution in [0.2, 0.25) is 0 Å². The summed E-state index contributed by atoms with van der Waals surface area (Å²) in [5, 5.41) is 14.2. The molecule has 0 bridgehead atoms. The van der Waals surface area contributed by atoms with Crippen molar-refractivity contribution in [1.29, 1.82) is 0 Å². The number of carbonyl (C=O) groups excluding carboxylic acids is 1. The SMILES string of the molecule is O=C(Cc1ccc(S(=O)(=O)CC2CC2)nc1)Nc1ccc(C(O)(C2CC2)C2CC2)cc1. The van der Waals surface area contributed by atoms with Gasteiger partial charge in [0.15, 0.2) is 14.9 Å². The van der Waals surface area contributed by atoms with Gasteiger partial charge in [-0.1, -0.05) is 18.2 Å². The molecule has 1 aromatic heterocycles. The fourth-order valence-electron chi connectivity index (χ4n) is 4.44. The Balaban J connectivity index is 1.19. The van der Waals surface area contributed by atoms with Crippen LogP contribution in [0.5, 0.6) is 0 Å². The standard InChI is InChI=1S/C24H28N2O4S/c27-22(13-17-3-12-23(25-14-17)31(29,30)15-16-1-2-16)26-21-10-8-20(9-11-21)24(28,18-4-5-18)19-6-7-19/h3,8-12,14,16,18-19,28H,1-2,4-7,13,15H2,(H,26,27). The average molecular weight is 441 g/mol. The van der Waals surface area contributed by atoms with Gasteiger partial charge in [-0.25, -0.2) is 13.4 Å². The van der Waals surface area contributed by atoms with Gasteiger partial charge in [-0.3, -0.25) is 4.79 Å². The van der Waals surface area contributed by atoms with Crippen LogP contribution >= 0.6 is 0 Å². The van der Waals surface area contributed by atoms with Crippen molar-refractivity contribution in [3.63, 3.8) is 0 Å². The first kappa shape index (κ1) is 20.6. The maximum absolute atomic E-state index is 12.4. The van der Waals surface area contributed by atoms with E-state index in [4.69, 9.17) is 0 Å². The number of nitrogens with zero attached hydrogens (tertiary/aromatic N) is 1. The minimum Gasteiger partial charge on any atom is -0.385 e. The highest BCUT2D eigenvalue weighted by Gasteiger charge is 2.54. The van der Waals surface area contributed by atoms with Crippen molar-refractivity contribution in [2.75, 3.05) is 11.1 Å². The van der Waals surface area contributed by atoms with Crippen molar-refractivity contribution in [3.8, 4) is 0 Å². The Kier molecular flexibility index (Phi) is 5.13. The van der Waals surface area contributed by atoms with Crippen molar-refractivity contribution < 1.29 is 18.3 Å². The Morgan fingerprint density at radius 2 is 1.65 bits per heavy atom. The van der Waals surface area contributed by atoms with E-state index in [1.54, 1.807) is 6.07 Å². The van der Waals surface area contributed by atoms with E-state index in [1.165, 1.54) is 12.3 Å². The van der Waals surface area contributed by atoms with Crippen molar-refractivity contribution in [3.05, 3.63) is 53.7 Å². The number of rotatable bonds is 9. The van der Waals surface area contributed by atoms with E-state index in [9.17, 15) is 18.3 Å². The Hall–Kier alpha value is -2.25. The van der Waals surface area contributed by atoms with Gasteiger partial charge in [0.1, 0.15) is 0 Å². The molecule has 0 spiro atoms. The summed E-state index contributed by atoms with van der Waals surface area (Å²) in [6, 6.07) is 10.7. The van der Waals surface area contributed by atoms with Crippen LogP contribution < -0.4 is 5.32 Å². The number of aromatic nitrogens is 1. The molecule has 0 radical (unpaired) electrons. The van der Waals surface area contributed by atoms with Crippen LogP contribution in [0.25, 0.3) is 0 Å². The van der Waals surface area contributed by atoms with Gasteiger partial charge in [-0.2, -0.15) is 0 Å². The van der Waals surface area contributed by atoms with E-state index >= 15 is 0 Å². The number of hydrogen-bond acceptors (Lipinski definition) is 5. The predicted octanol–water partition coefficient (Wildman–Crippen LogP) is 3.45. The topological polar surface area (TPSA) is 96.4 Å². The minimum atomic E-state index is -3.34. The Bertz CT molecular complexity index is 1060. The van der Waals surface area contributed by atoms with E-state index in [0.717, 1.165) is 44.1 Å². The van der Waals surface area contributed by atoms with E-state index in [1.807, 2.05) is 24.3 Å². The molecule has 0 atom stereocenters. The number of pyridine rings is 1. The van der Waals surface area contributed by atoms with Gasteiger partial charge in [-0.05, 0) is 85.6 Å². The molecule has 1 aromatic carbocycles. The van der Waals surface area contributed by atoms with E-state index in [-0.39, 0.29) is 29.0 Å². The minimum absolute atomic E-state index is 0.0814. The normalized spacial score (nSPS) is 19.3. The smallest absolute Gasteiger partial charge is 0.228 e. The molecule has 3 saturated carbocycles. The largest absolute Gasteiger partial charge is 0.385 e. The fraction of sp³-hybridized carbons (Fsp3) is 0.500. The second kappa shape index (κ2) is 7.71. The second-order valence-corrected chi connectivity index (χ2v) is 11.4. The number of carbonyl (C=O) groups is 1. The van der Waals surface area contributed by atoms with Gasteiger partial charge in [0.25, 0.3) is 0 Å². The van der Waals surface area contributed by atoms with Crippen LogP contribution in [-0.4, -0.2) is 30.2 Å². The first-order valence-corrected chi connectivity index (χ1v) is 12.8. The summed E-state index contributed by atoms with van der Waals surface area (Å²) in [5.41, 5.74) is 1.58. The average Bonchev–Trinajstić information content (AvgIpc) is 3.59. The summed E-state index contributed by atoms with van der Waals surface area (Å²) in [4.78, 5) is 16.5. The lowest BCUT2D eigenvalue weighted by atomic mass is 9.84. The maximum atomic E-state index is 12.4. The zero-order valence-corrected chi connectivity index (χ0v) is 18.3. The van der Waals surface area contributed by atoms with Crippen LogP contribution in [0.3, 0.4) is 0 Å². The Morgan fingerprint density at radius 3 is 2.16 bits per heavy atom. The molecule has 7 heteroatoms. The molecule has 164 valence electrons. The lowest BCUT2D eigenvalue weighted by Gasteiger charge is -2.29. The molecule has 2 N–H and O–H groups in total. The molecule has 0 saturated heterocycles. The zero-order valence-electron chi connectivity index (χ0n) is 17.5. The summed E-state index contributed by atoms with van der Waals surface area (Å²) in [6.07, 6.45) is 7.86. The Morgan fingerprint density at radius 1 is 1.00 bits per heavy atom. The van der Waals surface area contributed by atoms with Gasteiger partial charge in [0.2, 0.25) is 5.91 Å². The molecule has 1 heterocycles. The second-order valence-electron chi connectivity index (χ2n) is 9.41. The molecular formula is C24H28N2O4S. The highest BCUT2D eigenvalue weighted by molar-refractivity contribution is 7.91. The van der Waals surface area contributed by atoms with Crippen LogP contribution in [0.15, 0.2) is 47.6 Å². The molecule has 1 amide bonds. The number of benzene rings is 1. The van der Waals surface area contributed by atoms with Gasteiger partial charge >= 0.3 is 0 Å². The van der Waals surface area contributed by atoms with Crippen LogP contribution in [-0.2, 0) is 26.7 Å². The lowest BCUT2D eigenvalue weighted by Crippen LogP contribution is -2.31. The first-order chi connectivity index (χ1) is 14.8. The van der Waals surface area contributed by atoms with Gasteiger partial charge in [0.05, 0.1) is 17.8 Å². The number of nitrogens with one attached hydrogen (secondary N) is 1. The maximum Gasteiger partial charge on any atom is 0.228 e. The summed E-state index contributed by atoms with van der Waals surface area (Å²) in [7, 11) is -3.34. The highest BCUT2D eigenvalue weighted by Crippen LogP contribution is 2.57. The van der Waals surface area contributed by atoms with Crippen LogP contribution in [0, 0.1) is 17.8 Å². The fourth-order valence-corrected chi connectivity index (χ4v) is 6.06. The van der Waals surface area contributed by atoms with E-state index in [0.29, 0.717) is 23.1 Å². The number of amides is 1. The lowest BCUT2D eigenvalue weighted by molar-refractivity contribution is -0.115. The number of anilines is 1. The molecule has 3 fully saturated rings. The number of aliphatic hydroxyl groups is 1. The molecule has 2 aromatic rings. The summed E-state index contributed by atoms with van der Waals surface area (Å²) in [5.74, 6) is 0.968. The Labute approximate surface area is 183 Å². The third-order valence-electron chi connectivity index (χ3n) is 6.66. The van der Waals surface area contributed by atoms with Crippen LogP contribution in [0.4, 0.5) is 5.69 Å². The first-order valence-electron chi connectivity index (χ1n) is 11.1. The highest BCUT2D eigenvalue weighted by atomic mass is 32.2. The van der Waals surface area contributed by atoms with Crippen molar-refractivity contribution in [2.45, 2.75) is 55.6 Å². The zero-order chi connectivity index (χ0) is 21.6. The van der Waals surface area contributed by atoms with Crippen LogP contribution in [0.1, 0.15) is 49.7 Å². The molecule has 3 aliphatic carbocycles. The molecule has 31 heavy (non-hydrogen) atoms. The monoisotopic (exact) mass is 440 g/mol. The van der Waals surface area contributed by atoms with Gasteiger partial charge < -0.3 is 10.4 Å². The summed E-state index contributed by atoms with van der Waals surface area (Å²) >= 11 is 0. The quantitative estimate of drug-likeness (QED) is 0.623. The van der Waals surface area contributed by atoms with E-state index in [2.05, 4.69) is 10.3 Å².